The number of ether oxygens (including phenoxy) is 1. The van der Waals surface area contributed by atoms with E-state index >= 15 is 0 Å². The van der Waals surface area contributed by atoms with Crippen molar-refractivity contribution in [2.45, 2.75) is 13.8 Å². The Morgan fingerprint density at radius 2 is 1.81 bits per heavy atom. The molecule has 0 bridgehead atoms. The molecule has 1 N–H and O–H groups in total. The number of fused-ring (bicyclic) bond motifs is 1. The van der Waals surface area contributed by atoms with E-state index in [0.29, 0.717) is 5.02 Å². The number of phenolic OH excluding ortho intramolecular Hbond substituents is 1. The summed E-state index contributed by atoms with van der Waals surface area (Å²) in [6.45, 7) is 2.52. The number of esters is 1. The molecule has 1 aromatic heterocycles. The number of phenols is 1. The van der Waals surface area contributed by atoms with Crippen molar-refractivity contribution in [3.05, 3.63) is 58.2 Å². The number of carbonyl (C=O) groups excluding carboxylic acids is 2. The highest BCUT2D eigenvalue weighted by molar-refractivity contribution is 6.30. The molecular weight excluding hydrogens is 368 g/mol. The minimum Gasteiger partial charge on any atom is -0.503 e. The third-order valence-corrected chi connectivity index (χ3v) is 4.10. The Bertz CT molecular complexity index is 1060. The van der Waals surface area contributed by atoms with E-state index in [2.05, 4.69) is 0 Å². The average Bonchev–Trinajstić information content (AvgIpc) is 2.84. The molecule has 2 aromatic carbocycles. The Kier molecular flexibility index (Phi) is 4.41. The average molecular weight is 380 g/mol. The number of halogens is 3. The summed E-state index contributed by atoms with van der Waals surface area (Å²) >= 11 is 5.81. The summed E-state index contributed by atoms with van der Waals surface area (Å²) in [5, 5.41) is 9.60. The van der Waals surface area contributed by atoms with Gasteiger partial charge in [-0.3, -0.25) is 14.2 Å². The maximum atomic E-state index is 14.5. The van der Waals surface area contributed by atoms with Crippen LogP contribution < -0.4 is 4.74 Å². The monoisotopic (exact) mass is 379 g/mol. The summed E-state index contributed by atoms with van der Waals surface area (Å²) in [7, 11) is 0. The maximum absolute atomic E-state index is 14.5. The molecule has 0 aliphatic rings. The fourth-order valence-corrected chi connectivity index (χ4v) is 2.83. The molecule has 3 rings (SSSR count). The number of benzene rings is 2. The normalized spacial score (nSPS) is 11.0. The zero-order valence-corrected chi connectivity index (χ0v) is 14.4. The van der Waals surface area contributed by atoms with Gasteiger partial charge < -0.3 is 9.84 Å². The number of hydrogen-bond acceptors (Lipinski definition) is 4. The van der Waals surface area contributed by atoms with Gasteiger partial charge in [0.25, 0.3) is 5.91 Å². The van der Waals surface area contributed by atoms with Crippen LogP contribution >= 0.6 is 11.6 Å². The van der Waals surface area contributed by atoms with Crippen molar-refractivity contribution in [3.63, 3.8) is 0 Å². The van der Waals surface area contributed by atoms with E-state index in [1.54, 1.807) is 0 Å². The topological polar surface area (TPSA) is 68.5 Å². The number of aromatic hydroxyl groups is 1. The first-order valence-electron chi connectivity index (χ1n) is 7.43. The highest BCUT2D eigenvalue weighted by Gasteiger charge is 2.27. The van der Waals surface area contributed by atoms with E-state index in [0.717, 1.165) is 17.6 Å². The van der Waals surface area contributed by atoms with E-state index in [1.807, 2.05) is 0 Å². The molecule has 0 radical (unpaired) electrons. The summed E-state index contributed by atoms with van der Waals surface area (Å²) in [5.41, 5.74) is 0.114. The lowest BCUT2D eigenvalue weighted by molar-refractivity contribution is -0.131. The highest BCUT2D eigenvalue weighted by Crippen LogP contribution is 2.39. The predicted octanol–water partition coefficient (Wildman–Crippen LogP) is 4.20. The minimum absolute atomic E-state index is 0.0825. The summed E-state index contributed by atoms with van der Waals surface area (Å²) in [4.78, 5) is 24.2. The highest BCUT2D eigenvalue weighted by atomic mass is 35.5. The molecule has 0 aliphatic heterocycles. The first-order valence-corrected chi connectivity index (χ1v) is 7.80. The molecule has 1 heterocycles. The summed E-state index contributed by atoms with van der Waals surface area (Å²) < 4.78 is 34.4. The quantitative estimate of drug-likeness (QED) is 0.677. The molecule has 0 saturated carbocycles. The molecule has 0 atom stereocenters. The predicted molar refractivity (Wildman–Crippen MR) is 90.7 cm³/mol. The van der Waals surface area contributed by atoms with E-state index < -0.39 is 29.3 Å². The third-order valence-electron chi connectivity index (χ3n) is 3.85. The molecule has 0 unspecified atom stereocenters. The largest absolute Gasteiger partial charge is 0.503 e. The van der Waals surface area contributed by atoms with Gasteiger partial charge in [0, 0.05) is 23.6 Å². The Morgan fingerprint density at radius 1 is 1.19 bits per heavy atom. The summed E-state index contributed by atoms with van der Waals surface area (Å²) in [6, 6.07) is 6.70. The SMILES string of the molecule is CC(=O)Oc1c(C)n(C(=O)c2ccc(Cl)cc2)c2cc(F)c(O)c(F)c12. The Morgan fingerprint density at radius 3 is 2.38 bits per heavy atom. The van der Waals surface area contributed by atoms with Crippen molar-refractivity contribution in [1.82, 2.24) is 4.57 Å². The third kappa shape index (κ3) is 2.80. The first kappa shape index (κ1) is 17.9. The van der Waals surface area contributed by atoms with Gasteiger partial charge in [-0.1, -0.05) is 11.6 Å². The Balaban J connectivity index is 2.34. The molecule has 0 aliphatic carbocycles. The van der Waals surface area contributed by atoms with E-state index in [9.17, 15) is 23.5 Å². The lowest BCUT2D eigenvalue weighted by Gasteiger charge is -2.07. The van der Waals surface area contributed by atoms with E-state index in [4.69, 9.17) is 16.3 Å². The second-order valence-corrected chi connectivity index (χ2v) is 6.01. The van der Waals surface area contributed by atoms with Gasteiger partial charge in [0.2, 0.25) is 0 Å². The summed E-state index contributed by atoms with van der Waals surface area (Å²) in [6.07, 6.45) is 0. The molecule has 0 spiro atoms. The van der Waals surface area contributed by atoms with Crippen LogP contribution in [0.1, 0.15) is 23.0 Å². The van der Waals surface area contributed by atoms with Gasteiger partial charge in [0.05, 0.1) is 16.6 Å². The van der Waals surface area contributed by atoms with Crippen LogP contribution in [-0.4, -0.2) is 21.6 Å². The number of nitrogens with zero attached hydrogens (tertiary/aromatic N) is 1. The molecule has 5 nitrogen and oxygen atoms in total. The van der Waals surface area contributed by atoms with Crippen LogP contribution in [0.4, 0.5) is 8.78 Å². The van der Waals surface area contributed by atoms with Gasteiger partial charge in [-0.15, -0.1) is 0 Å². The molecule has 3 aromatic rings. The van der Waals surface area contributed by atoms with Crippen LogP contribution in [0.5, 0.6) is 11.5 Å². The van der Waals surface area contributed by atoms with Gasteiger partial charge in [-0.25, -0.2) is 8.78 Å². The van der Waals surface area contributed by atoms with Crippen LogP contribution in [0.15, 0.2) is 30.3 Å². The lowest BCUT2D eigenvalue weighted by Crippen LogP contribution is -2.14. The number of rotatable bonds is 2. The van der Waals surface area contributed by atoms with Crippen LogP contribution in [0.3, 0.4) is 0 Å². The zero-order valence-electron chi connectivity index (χ0n) is 13.6. The van der Waals surface area contributed by atoms with Crippen molar-refractivity contribution in [1.29, 1.82) is 0 Å². The van der Waals surface area contributed by atoms with Crippen molar-refractivity contribution >= 4 is 34.4 Å². The molecule has 134 valence electrons. The lowest BCUT2D eigenvalue weighted by atomic mass is 10.2. The van der Waals surface area contributed by atoms with Crippen LogP contribution in [-0.2, 0) is 4.79 Å². The van der Waals surface area contributed by atoms with Crippen LogP contribution in [0.2, 0.25) is 5.02 Å². The molecule has 0 amide bonds. The zero-order chi connectivity index (χ0) is 19.2. The molecule has 26 heavy (non-hydrogen) atoms. The Labute approximate surface area is 151 Å². The fraction of sp³-hybridized carbons (Fsp3) is 0.111. The minimum atomic E-state index is -1.32. The van der Waals surface area contributed by atoms with E-state index in [1.165, 1.54) is 31.2 Å². The standard InChI is InChI=1S/C18H12ClF2NO4/c1-8-17(26-9(2)23)14-13(7-12(20)16(24)15(14)21)22(8)18(25)10-3-5-11(19)6-4-10/h3-7,24H,1-2H3. The molecule has 0 saturated heterocycles. The van der Waals surface area contributed by atoms with Crippen LogP contribution in [0.25, 0.3) is 10.9 Å². The summed E-state index contributed by atoms with van der Waals surface area (Å²) in [5.74, 6) is -5.40. The van der Waals surface area contributed by atoms with Gasteiger partial charge in [0.1, 0.15) is 0 Å². The number of carbonyl (C=O) groups is 2. The van der Waals surface area contributed by atoms with Crippen molar-refractivity contribution < 1.29 is 28.2 Å². The van der Waals surface area contributed by atoms with Crippen molar-refractivity contribution in [3.8, 4) is 11.5 Å². The van der Waals surface area contributed by atoms with Gasteiger partial charge in [0.15, 0.2) is 23.1 Å². The number of aromatic nitrogens is 1. The van der Waals surface area contributed by atoms with E-state index in [-0.39, 0.29) is 27.9 Å². The number of hydrogen-bond donors (Lipinski definition) is 1. The second-order valence-electron chi connectivity index (χ2n) is 5.57. The smallest absolute Gasteiger partial charge is 0.308 e. The van der Waals surface area contributed by atoms with Gasteiger partial charge in [-0.05, 0) is 31.2 Å². The molecular formula is C18H12ClF2NO4. The maximum Gasteiger partial charge on any atom is 0.308 e. The van der Waals surface area contributed by atoms with Crippen LogP contribution in [0, 0.1) is 18.6 Å². The first-order chi connectivity index (χ1) is 12.2. The van der Waals surface area contributed by atoms with Gasteiger partial charge in [-0.2, -0.15) is 0 Å². The van der Waals surface area contributed by atoms with Gasteiger partial charge >= 0.3 is 5.97 Å². The Hall–Kier alpha value is -2.93. The molecule has 0 fully saturated rings. The van der Waals surface area contributed by atoms with Crippen molar-refractivity contribution in [2.24, 2.45) is 0 Å². The fourth-order valence-electron chi connectivity index (χ4n) is 2.70. The molecule has 8 heteroatoms. The second kappa shape index (κ2) is 6.42. The van der Waals surface area contributed by atoms with Crippen molar-refractivity contribution in [2.75, 3.05) is 0 Å².